The Hall–Kier alpha value is -2.30. The Balaban J connectivity index is 2.02. The molecule has 0 radical (unpaired) electrons. The van der Waals surface area contributed by atoms with Crippen molar-refractivity contribution in [1.29, 1.82) is 0 Å². The van der Waals surface area contributed by atoms with Crippen molar-refractivity contribution in [3.63, 3.8) is 0 Å². The quantitative estimate of drug-likeness (QED) is 0.751. The second-order valence-electron chi connectivity index (χ2n) is 4.21. The van der Waals surface area contributed by atoms with Gasteiger partial charge >= 0.3 is 0 Å². The van der Waals surface area contributed by atoms with Crippen molar-refractivity contribution in [3.05, 3.63) is 65.2 Å². The first kappa shape index (κ1) is 11.8. The van der Waals surface area contributed by atoms with Crippen LogP contribution < -0.4 is 0 Å². The van der Waals surface area contributed by atoms with Crippen LogP contribution in [0.2, 0.25) is 0 Å². The van der Waals surface area contributed by atoms with E-state index in [-0.39, 0.29) is 17.5 Å². The normalized spacial score (nSPS) is 11.1. The summed E-state index contributed by atoms with van der Waals surface area (Å²) in [7, 11) is 0. The molecule has 0 saturated heterocycles. The van der Waals surface area contributed by atoms with Crippen molar-refractivity contribution < 1.29 is 13.2 Å². The highest BCUT2D eigenvalue weighted by Crippen LogP contribution is 2.18. The molecule has 0 aliphatic carbocycles. The summed E-state index contributed by atoms with van der Waals surface area (Å²) in [4.78, 5) is 6.95. The van der Waals surface area contributed by atoms with E-state index in [4.69, 9.17) is 0 Å². The Kier molecular flexibility index (Phi) is 2.74. The van der Waals surface area contributed by atoms with E-state index in [1.165, 1.54) is 18.2 Å². The fourth-order valence-electron chi connectivity index (χ4n) is 2.00. The van der Waals surface area contributed by atoms with Gasteiger partial charge in [-0.1, -0.05) is 18.2 Å². The number of nitrogens with zero attached hydrogens (tertiary/aromatic N) is 1. The standard InChI is InChI=1S/C14H9F3N2/c15-9-4-1-3-8(13(9)17)7-12-18-11-6-2-5-10(16)14(11)19-12/h1-6H,7H2,(H,18,19). The first-order valence-electron chi connectivity index (χ1n) is 5.71. The molecule has 1 aromatic heterocycles. The molecule has 0 saturated carbocycles. The number of H-pyrrole nitrogens is 1. The number of rotatable bonds is 2. The van der Waals surface area contributed by atoms with Crippen molar-refractivity contribution in [2.45, 2.75) is 6.42 Å². The van der Waals surface area contributed by atoms with Gasteiger partial charge in [0.1, 0.15) is 11.3 Å². The van der Waals surface area contributed by atoms with Crippen LogP contribution in [0.15, 0.2) is 36.4 Å². The zero-order valence-corrected chi connectivity index (χ0v) is 9.75. The molecule has 1 heterocycles. The number of hydrogen-bond donors (Lipinski definition) is 1. The zero-order chi connectivity index (χ0) is 13.4. The van der Waals surface area contributed by atoms with E-state index in [1.807, 2.05) is 0 Å². The van der Waals surface area contributed by atoms with Crippen LogP contribution in [0.3, 0.4) is 0 Å². The minimum absolute atomic E-state index is 0.0811. The van der Waals surface area contributed by atoms with Gasteiger partial charge in [0.05, 0.1) is 5.52 Å². The Labute approximate surface area is 106 Å². The van der Waals surface area contributed by atoms with E-state index in [2.05, 4.69) is 9.97 Å². The SMILES string of the molecule is Fc1cccc(Cc2nc3c(F)cccc3[nH]2)c1F. The van der Waals surface area contributed by atoms with Gasteiger partial charge in [0.2, 0.25) is 0 Å². The summed E-state index contributed by atoms with van der Waals surface area (Å²) < 4.78 is 40.1. The second kappa shape index (κ2) is 4.42. The van der Waals surface area contributed by atoms with Crippen LogP contribution in [-0.4, -0.2) is 9.97 Å². The summed E-state index contributed by atoms with van der Waals surface area (Å²) in [5, 5.41) is 0. The van der Waals surface area contributed by atoms with E-state index >= 15 is 0 Å². The lowest BCUT2D eigenvalue weighted by Crippen LogP contribution is -1.97. The Bertz CT molecular complexity index is 750. The number of hydrogen-bond acceptors (Lipinski definition) is 1. The molecule has 1 N–H and O–H groups in total. The highest BCUT2D eigenvalue weighted by atomic mass is 19.2. The molecule has 5 heteroatoms. The summed E-state index contributed by atoms with van der Waals surface area (Å²) in [5.74, 6) is -1.85. The number of imidazole rings is 1. The fourth-order valence-corrected chi connectivity index (χ4v) is 2.00. The van der Waals surface area contributed by atoms with Gasteiger partial charge in [-0.15, -0.1) is 0 Å². The zero-order valence-electron chi connectivity index (χ0n) is 9.75. The largest absolute Gasteiger partial charge is 0.342 e. The molecule has 0 aliphatic heterocycles. The van der Waals surface area contributed by atoms with Crippen molar-refractivity contribution in [2.75, 3.05) is 0 Å². The van der Waals surface area contributed by atoms with Crippen LogP contribution in [0.25, 0.3) is 11.0 Å². The summed E-state index contributed by atoms with van der Waals surface area (Å²) in [5.41, 5.74) is 0.917. The molecule has 2 aromatic carbocycles. The van der Waals surface area contributed by atoms with E-state index in [1.54, 1.807) is 12.1 Å². The summed E-state index contributed by atoms with van der Waals surface area (Å²) >= 11 is 0. The number of aromatic nitrogens is 2. The maximum atomic E-state index is 13.5. The highest BCUT2D eigenvalue weighted by molar-refractivity contribution is 5.75. The van der Waals surface area contributed by atoms with Crippen LogP contribution in [0.4, 0.5) is 13.2 Å². The third kappa shape index (κ3) is 2.07. The van der Waals surface area contributed by atoms with Gasteiger partial charge in [-0.3, -0.25) is 0 Å². The third-order valence-electron chi connectivity index (χ3n) is 2.90. The lowest BCUT2D eigenvalue weighted by molar-refractivity contribution is 0.500. The molecule has 2 nitrogen and oxygen atoms in total. The van der Waals surface area contributed by atoms with E-state index < -0.39 is 17.5 Å². The molecule has 3 rings (SSSR count). The molecule has 0 fully saturated rings. The molecule has 0 spiro atoms. The van der Waals surface area contributed by atoms with E-state index in [0.717, 1.165) is 6.07 Å². The molecule has 3 aromatic rings. The molecular weight excluding hydrogens is 253 g/mol. The monoisotopic (exact) mass is 262 g/mol. The molecule has 19 heavy (non-hydrogen) atoms. The van der Waals surface area contributed by atoms with Gasteiger partial charge in [0.25, 0.3) is 0 Å². The maximum absolute atomic E-state index is 13.5. The first-order valence-corrected chi connectivity index (χ1v) is 5.71. The summed E-state index contributed by atoms with van der Waals surface area (Å²) in [6.07, 6.45) is 0.0811. The topological polar surface area (TPSA) is 28.7 Å². The van der Waals surface area contributed by atoms with Crippen LogP contribution in [0, 0.1) is 17.5 Å². The van der Waals surface area contributed by atoms with Crippen molar-refractivity contribution in [2.24, 2.45) is 0 Å². The van der Waals surface area contributed by atoms with Gasteiger partial charge in [0.15, 0.2) is 17.5 Å². The molecule has 0 unspecified atom stereocenters. The minimum atomic E-state index is -0.903. The second-order valence-corrected chi connectivity index (χ2v) is 4.21. The smallest absolute Gasteiger partial charge is 0.162 e. The van der Waals surface area contributed by atoms with Crippen LogP contribution in [0.5, 0.6) is 0 Å². The molecule has 96 valence electrons. The lowest BCUT2D eigenvalue weighted by Gasteiger charge is -2.01. The van der Waals surface area contributed by atoms with Gasteiger partial charge < -0.3 is 4.98 Å². The third-order valence-corrected chi connectivity index (χ3v) is 2.90. The van der Waals surface area contributed by atoms with Crippen LogP contribution in [-0.2, 0) is 6.42 Å². The highest BCUT2D eigenvalue weighted by Gasteiger charge is 2.12. The van der Waals surface area contributed by atoms with Crippen molar-refractivity contribution in [3.8, 4) is 0 Å². The number of nitrogens with one attached hydrogen (secondary N) is 1. The number of fused-ring (bicyclic) bond motifs is 1. The van der Waals surface area contributed by atoms with E-state index in [9.17, 15) is 13.2 Å². The van der Waals surface area contributed by atoms with Crippen molar-refractivity contribution >= 4 is 11.0 Å². The molecular formula is C14H9F3N2. The van der Waals surface area contributed by atoms with Crippen LogP contribution in [0.1, 0.15) is 11.4 Å². The number of aromatic amines is 1. The average molecular weight is 262 g/mol. The molecule has 0 bridgehead atoms. The number of benzene rings is 2. The summed E-state index contributed by atoms with van der Waals surface area (Å²) in [6.45, 7) is 0. The summed E-state index contributed by atoms with van der Waals surface area (Å²) in [6, 6.07) is 8.49. The van der Waals surface area contributed by atoms with Gasteiger partial charge in [-0.2, -0.15) is 0 Å². The minimum Gasteiger partial charge on any atom is -0.342 e. The van der Waals surface area contributed by atoms with Gasteiger partial charge in [-0.25, -0.2) is 18.2 Å². The van der Waals surface area contributed by atoms with Gasteiger partial charge in [-0.05, 0) is 23.8 Å². The Morgan fingerprint density at radius 1 is 0.947 bits per heavy atom. The molecule has 0 aliphatic rings. The Morgan fingerprint density at radius 2 is 1.68 bits per heavy atom. The first-order chi connectivity index (χ1) is 9.15. The number of halogens is 3. The fraction of sp³-hybridized carbons (Fsp3) is 0.0714. The Morgan fingerprint density at radius 3 is 2.47 bits per heavy atom. The predicted octanol–water partition coefficient (Wildman–Crippen LogP) is 3.57. The van der Waals surface area contributed by atoms with Crippen LogP contribution >= 0.6 is 0 Å². The number of para-hydroxylation sites is 1. The predicted molar refractivity (Wildman–Crippen MR) is 65.2 cm³/mol. The maximum Gasteiger partial charge on any atom is 0.162 e. The van der Waals surface area contributed by atoms with E-state index in [0.29, 0.717) is 11.3 Å². The average Bonchev–Trinajstić information content (AvgIpc) is 2.79. The van der Waals surface area contributed by atoms with Crippen molar-refractivity contribution in [1.82, 2.24) is 9.97 Å². The lowest BCUT2D eigenvalue weighted by atomic mass is 10.1. The molecule has 0 amide bonds. The molecule has 0 atom stereocenters. The van der Waals surface area contributed by atoms with Gasteiger partial charge in [0, 0.05) is 6.42 Å².